The van der Waals surface area contributed by atoms with Gasteiger partial charge in [-0.25, -0.2) is 0 Å². The van der Waals surface area contributed by atoms with Crippen LogP contribution in [0.25, 0.3) is 10.4 Å². The van der Waals surface area contributed by atoms with E-state index in [1.54, 1.807) is 13.8 Å². The number of hydrogen-bond acceptors (Lipinski definition) is 11. The van der Waals surface area contributed by atoms with Crippen LogP contribution in [0, 0.1) is 5.41 Å². The first-order chi connectivity index (χ1) is 15.4. The molecule has 1 fully saturated rings. The van der Waals surface area contributed by atoms with Gasteiger partial charge in [-0.15, -0.1) is 0 Å². The van der Waals surface area contributed by atoms with Crippen molar-refractivity contribution >= 4 is 23.9 Å². The standard InChI is InChI=1S/C20H29N3O10/c1-6-9-29-14(26)7-8-20(4,5)19(28)30-10-13-16(31-11(2)24)17(32-12(3)25)15(22-23-21)18(27)33-13/h6,13,15-18,27H,1,7-10H2,2-5H3/t13-,15-,16+,17-,18-/m1/s1. The Kier molecular flexibility index (Phi) is 10.8. The zero-order chi connectivity index (χ0) is 25.2. The van der Waals surface area contributed by atoms with Crippen molar-refractivity contribution in [2.75, 3.05) is 13.2 Å². The molecule has 0 aliphatic carbocycles. The van der Waals surface area contributed by atoms with Crippen molar-refractivity contribution in [3.8, 4) is 0 Å². The van der Waals surface area contributed by atoms with Gasteiger partial charge in [0.1, 0.15) is 25.4 Å². The quantitative estimate of drug-likeness (QED) is 0.115. The Morgan fingerprint density at radius 1 is 1.15 bits per heavy atom. The second-order valence-corrected chi connectivity index (χ2v) is 7.86. The van der Waals surface area contributed by atoms with Crippen molar-refractivity contribution in [1.29, 1.82) is 0 Å². The summed E-state index contributed by atoms with van der Waals surface area (Å²) < 4.78 is 25.8. The van der Waals surface area contributed by atoms with Crippen LogP contribution >= 0.6 is 0 Å². The molecule has 0 aromatic heterocycles. The first kappa shape index (κ1) is 27.9. The van der Waals surface area contributed by atoms with Gasteiger partial charge in [-0.05, 0) is 25.8 Å². The lowest BCUT2D eigenvalue weighted by Crippen LogP contribution is -2.60. The maximum atomic E-state index is 12.6. The SMILES string of the molecule is C=CCOC(=O)CCC(C)(C)C(=O)OC[C@H]1O[C@@H](O)[C@H](N=[N+]=[N-])[C@@H](OC(C)=O)[C@H]1OC(C)=O. The van der Waals surface area contributed by atoms with Crippen LogP contribution in [0.1, 0.15) is 40.5 Å². The fourth-order valence-corrected chi connectivity index (χ4v) is 2.98. The van der Waals surface area contributed by atoms with Crippen LogP contribution in [-0.2, 0) is 42.9 Å². The number of hydrogen-bond donors (Lipinski definition) is 1. The Morgan fingerprint density at radius 2 is 1.76 bits per heavy atom. The summed E-state index contributed by atoms with van der Waals surface area (Å²) in [6, 6.07) is -1.41. The van der Waals surface area contributed by atoms with E-state index in [-0.39, 0.29) is 19.4 Å². The van der Waals surface area contributed by atoms with E-state index < -0.39 is 66.5 Å². The van der Waals surface area contributed by atoms with E-state index in [0.717, 1.165) is 13.8 Å². The Labute approximate surface area is 190 Å². The molecule has 0 saturated carbocycles. The third kappa shape index (κ3) is 8.72. The van der Waals surface area contributed by atoms with Gasteiger partial charge in [0.05, 0.1) is 5.41 Å². The van der Waals surface area contributed by atoms with Crippen molar-refractivity contribution < 1.29 is 48.0 Å². The molecule has 1 saturated heterocycles. The van der Waals surface area contributed by atoms with Crippen molar-refractivity contribution in [1.82, 2.24) is 0 Å². The van der Waals surface area contributed by atoms with E-state index in [9.17, 15) is 24.3 Å². The highest BCUT2D eigenvalue weighted by Gasteiger charge is 2.50. The summed E-state index contributed by atoms with van der Waals surface area (Å²) in [5, 5.41) is 13.6. The largest absolute Gasteiger partial charge is 0.462 e. The van der Waals surface area contributed by atoms with Crippen LogP contribution < -0.4 is 0 Å². The average molecular weight is 471 g/mol. The van der Waals surface area contributed by atoms with Crippen LogP contribution in [0.2, 0.25) is 0 Å². The summed E-state index contributed by atoms with van der Waals surface area (Å²) in [4.78, 5) is 50.0. The summed E-state index contributed by atoms with van der Waals surface area (Å²) in [6.07, 6.45) is -4.18. The fourth-order valence-electron chi connectivity index (χ4n) is 2.98. The van der Waals surface area contributed by atoms with Gasteiger partial charge in [0.25, 0.3) is 0 Å². The maximum absolute atomic E-state index is 12.6. The summed E-state index contributed by atoms with van der Waals surface area (Å²) in [5.41, 5.74) is 7.68. The smallest absolute Gasteiger partial charge is 0.311 e. The number of carbonyl (C=O) groups is 4. The highest BCUT2D eigenvalue weighted by Crippen LogP contribution is 2.29. The molecule has 0 unspecified atom stereocenters. The Balaban J connectivity index is 2.93. The van der Waals surface area contributed by atoms with Gasteiger partial charge in [0, 0.05) is 25.2 Å². The number of rotatable bonds is 11. The average Bonchev–Trinajstić information content (AvgIpc) is 2.73. The van der Waals surface area contributed by atoms with E-state index in [2.05, 4.69) is 16.6 Å². The lowest BCUT2D eigenvalue weighted by molar-refractivity contribution is -0.261. The van der Waals surface area contributed by atoms with Gasteiger partial charge >= 0.3 is 23.9 Å². The van der Waals surface area contributed by atoms with Crippen LogP contribution in [0.5, 0.6) is 0 Å². The number of aliphatic hydroxyl groups is 1. The van der Waals surface area contributed by atoms with Gasteiger partial charge in [0.2, 0.25) is 0 Å². The molecule has 1 aliphatic heterocycles. The third-order valence-electron chi connectivity index (χ3n) is 4.67. The summed E-state index contributed by atoms with van der Waals surface area (Å²) in [5.74, 6) is -2.76. The molecule has 0 radical (unpaired) electrons. The molecule has 1 N–H and O–H groups in total. The number of azide groups is 1. The Hall–Kier alpha value is -3.15. The number of carbonyl (C=O) groups excluding carboxylic acids is 4. The zero-order valence-electron chi connectivity index (χ0n) is 19.0. The molecule has 0 aromatic rings. The Bertz CT molecular complexity index is 793. The van der Waals surface area contributed by atoms with E-state index in [1.807, 2.05) is 0 Å². The predicted octanol–water partition coefficient (Wildman–Crippen LogP) is 1.32. The van der Waals surface area contributed by atoms with Crippen molar-refractivity contribution in [2.24, 2.45) is 10.5 Å². The van der Waals surface area contributed by atoms with E-state index >= 15 is 0 Å². The lowest BCUT2D eigenvalue weighted by Gasteiger charge is -2.42. The lowest BCUT2D eigenvalue weighted by atomic mass is 9.88. The minimum atomic E-state index is -1.73. The number of aliphatic hydroxyl groups excluding tert-OH is 1. The number of esters is 4. The minimum Gasteiger partial charge on any atom is -0.462 e. The van der Waals surface area contributed by atoms with Gasteiger partial charge in [0.15, 0.2) is 18.5 Å². The molecular formula is C20H29N3O10. The second-order valence-electron chi connectivity index (χ2n) is 7.86. The van der Waals surface area contributed by atoms with Crippen molar-refractivity contribution in [3.63, 3.8) is 0 Å². The monoisotopic (exact) mass is 471 g/mol. The molecule has 0 amide bonds. The maximum Gasteiger partial charge on any atom is 0.311 e. The zero-order valence-corrected chi connectivity index (χ0v) is 19.0. The first-order valence-electron chi connectivity index (χ1n) is 10.1. The van der Waals surface area contributed by atoms with Crippen LogP contribution in [0.3, 0.4) is 0 Å². The van der Waals surface area contributed by atoms with E-state index in [0.29, 0.717) is 0 Å². The highest BCUT2D eigenvalue weighted by atomic mass is 16.7. The molecule has 0 spiro atoms. The van der Waals surface area contributed by atoms with E-state index in [1.165, 1.54) is 6.08 Å². The minimum absolute atomic E-state index is 0.0347. The van der Waals surface area contributed by atoms with Gasteiger partial charge in [-0.2, -0.15) is 0 Å². The van der Waals surface area contributed by atoms with Crippen molar-refractivity contribution in [2.45, 2.75) is 71.2 Å². The molecule has 1 heterocycles. The molecule has 184 valence electrons. The van der Waals surface area contributed by atoms with Crippen LogP contribution in [0.4, 0.5) is 0 Å². The number of ether oxygens (including phenoxy) is 5. The third-order valence-corrected chi connectivity index (χ3v) is 4.67. The molecule has 1 rings (SSSR count). The number of nitrogens with zero attached hydrogens (tertiary/aromatic N) is 3. The van der Waals surface area contributed by atoms with E-state index in [4.69, 9.17) is 29.2 Å². The second kappa shape index (κ2) is 12.8. The fraction of sp³-hybridized carbons (Fsp3) is 0.700. The normalized spacial score (nSPS) is 24.6. The molecule has 0 bridgehead atoms. The topological polar surface area (TPSA) is 183 Å². The molecule has 0 aromatic carbocycles. The van der Waals surface area contributed by atoms with Gasteiger partial charge in [-0.3, -0.25) is 19.2 Å². The first-order valence-corrected chi connectivity index (χ1v) is 10.1. The molecule has 5 atom stereocenters. The van der Waals surface area contributed by atoms with Gasteiger partial charge < -0.3 is 28.8 Å². The van der Waals surface area contributed by atoms with Crippen LogP contribution in [0.15, 0.2) is 17.8 Å². The summed E-state index contributed by atoms with van der Waals surface area (Å²) >= 11 is 0. The van der Waals surface area contributed by atoms with Crippen LogP contribution in [-0.4, -0.2) is 72.8 Å². The highest BCUT2D eigenvalue weighted by molar-refractivity contribution is 5.77. The van der Waals surface area contributed by atoms with Gasteiger partial charge in [-0.1, -0.05) is 17.8 Å². The summed E-state index contributed by atoms with van der Waals surface area (Å²) in [6.45, 7) is 8.32. The molecular weight excluding hydrogens is 442 g/mol. The van der Waals surface area contributed by atoms with Crippen molar-refractivity contribution in [3.05, 3.63) is 23.1 Å². The molecule has 13 heteroatoms. The Morgan fingerprint density at radius 3 is 2.30 bits per heavy atom. The molecule has 1 aliphatic rings. The predicted molar refractivity (Wildman–Crippen MR) is 110 cm³/mol. The molecule has 33 heavy (non-hydrogen) atoms. The molecule has 13 nitrogen and oxygen atoms in total. The summed E-state index contributed by atoms with van der Waals surface area (Å²) in [7, 11) is 0.